The van der Waals surface area contributed by atoms with Gasteiger partial charge in [0.05, 0.1) is 11.5 Å². The van der Waals surface area contributed by atoms with Crippen molar-refractivity contribution < 1.29 is 14.6 Å². The molecule has 5 rings (SSSR count). The third kappa shape index (κ3) is 3.45. The van der Waals surface area contributed by atoms with Crippen LogP contribution in [0.25, 0.3) is 0 Å². The van der Waals surface area contributed by atoms with Crippen LogP contribution in [-0.4, -0.2) is 28.6 Å². The maximum Gasteiger partial charge on any atom is 0.309 e. The topological polar surface area (TPSA) is 94.7 Å². The molecular formula is C24H31N3O3. The molecule has 30 heavy (non-hydrogen) atoms. The molecule has 4 bridgehead atoms. The van der Waals surface area contributed by atoms with Gasteiger partial charge < -0.3 is 9.84 Å². The van der Waals surface area contributed by atoms with Crippen LogP contribution >= 0.6 is 0 Å². The lowest BCUT2D eigenvalue weighted by Gasteiger charge is -2.57. The number of aryl methyl sites for hydroxylation is 1. The molecule has 4 saturated carbocycles. The molecule has 0 aliphatic heterocycles. The number of nitrogens with zero attached hydrogens (tertiary/aromatic N) is 2. The van der Waals surface area contributed by atoms with Gasteiger partial charge in [0.1, 0.15) is 5.75 Å². The summed E-state index contributed by atoms with van der Waals surface area (Å²) in [5.41, 5.74) is 0.846. The SMILES string of the molecule is Cc1cccc(OC(C)(C)C(=NC2C3CC4CC2CC(C(=O)O)(C4)C3)NC#N)c1C. The van der Waals surface area contributed by atoms with Gasteiger partial charge in [0.2, 0.25) is 0 Å². The Bertz CT molecular complexity index is 914. The average Bonchev–Trinajstić information content (AvgIpc) is 2.66. The summed E-state index contributed by atoms with van der Waals surface area (Å²) in [5, 5.41) is 22.0. The minimum absolute atomic E-state index is 0.0476. The number of amidine groups is 1. The maximum atomic E-state index is 12.0. The predicted octanol–water partition coefficient (Wildman–Crippen LogP) is 4.21. The number of carboxylic acids is 1. The summed E-state index contributed by atoms with van der Waals surface area (Å²) in [6, 6.07) is 6.00. The standard InChI is InChI=1S/C24H31N3O3/c1-14-6-5-7-19(15(14)2)30-23(3,4)21(26-13-25)27-20-17-8-16-9-18(20)12-24(10-16,11-17)22(28)29/h5-7,16-18,20H,8-12H2,1-4H3,(H,26,27)(H,28,29). The Hall–Kier alpha value is -2.55. The number of rotatable bonds is 5. The van der Waals surface area contributed by atoms with Crippen LogP contribution in [0.3, 0.4) is 0 Å². The quantitative estimate of drug-likeness (QED) is 0.329. The smallest absolute Gasteiger partial charge is 0.309 e. The van der Waals surface area contributed by atoms with Crippen molar-refractivity contribution in [1.82, 2.24) is 5.32 Å². The van der Waals surface area contributed by atoms with Crippen LogP contribution in [0.15, 0.2) is 23.2 Å². The summed E-state index contributed by atoms with van der Waals surface area (Å²) in [6.45, 7) is 7.92. The third-order valence-corrected chi connectivity index (χ3v) is 7.62. The van der Waals surface area contributed by atoms with E-state index in [-0.39, 0.29) is 17.9 Å². The molecule has 0 amide bonds. The molecule has 1 aromatic carbocycles. The zero-order valence-corrected chi connectivity index (χ0v) is 18.2. The van der Waals surface area contributed by atoms with Gasteiger partial charge in [0.25, 0.3) is 0 Å². The minimum Gasteiger partial charge on any atom is -0.481 e. The summed E-state index contributed by atoms with van der Waals surface area (Å²) in [6.07, 6.45) is 6.32. The number of hydrogen-bond donors (Lipinski definition) is 2. The van der Waals surface area contributed by atoms with Gasteiger partial charge in [0.15, 0.2) is 17.6 Å². The van der Waals surface area contributed by atoms with Crippen molar-refractivity contribution in [3.05, 3.63) is 29.3 Å². The highest BCUT2D eigenvalue weighted by Gasteiger charge is 2.59. The second kappa shape index (κ2) is 7.30. The molecule has 4 aliphatic rings. The van der Waals surface area contributed by atoms with Crippen molar-refractivity contribution in [2.45, 2.75) is 71.4 Å². The molecule has 0 aromatic heterocycles. The molecule has 0 spiro atoms. The Morgan fingerprint density at radius 1 is 1.27 bits per heavy atom. The fourth-order valence-corrected chi connectivity index (χ4v) is 6.17. The molecule has 2 atom stereocenters. The Morgan fingerprint density at radius 3 is 2.53 bits per heavy atom. The monoisotopic (exact) mass is 409 g/mol. The van der Waals surface area contributed by atoms with Crippen molar-refractivity contribution in [1.29, 1.82) is 5.26 Å². The van der Waals surface area contributed by atoms with Gasteiger partial charge in [-0.15, -0.1) is 0 Å². The molecule has 2 unspecified atom stereocenters. The zero-order chi connectivity index (χ0) is 21.7. The van der Waals surface area contributed by atoms with Crippen molar-refractivity contribution in [2.75, 3.05) is 0 Å². The van der Waals surface area contributed by atoms with Crippen LogP contribution in [0.2, 0.25) is 0 Å². The fraction of sp³-hybridized carbons (Fsp3) is 0.625. The summed E-state index contributed by atoms with van der Waals surface area (Å²) in [4.78, 5) is 17.0. The lowest BCUT2D eigenvalue weighted by atomic mass is 9.48. The zero-order valence-electron chi connectivity index (χ0n) is 18.2. The number of aliphatic carboxylic acids is 1. The molecule has 6 heteroatoms. The molecule has 4 aliphatic carbocycles. The van der Waals surface area contributed by atoms with Gasteiger partial charge in [-0.3, -0.25) is 15.1 Å². The number of carbonyl (C=O) groups is 1. The van der Waals surface area contributed by atoms with Gasteiger partial charge in [0, 0.05) is 0 Å². The van der Waals surface area contributed by atoms with Crippen molar-refractivity contribution in [3.8, 4) is 11.9 Å². The molecule has 0 radical (unpaired) electrons. The van der Waals surface area contributed by atoms with Gasteiger partial charge >= 0.3 is 5.97 Å². The fourth-order valence-electron chi connectivity index (χ4n) is 6.17. The normalized spacial score (nSPS) is 32.6. The van der Waals surface area contributed by atoms with Crippen LogP contribution in [-0.2, 0) is 4.79 Å². The van der Waals surface area contributed by atoms with Crippen molar-refractivity contribution in [3.63, 3.8) is 0 Å². The van der Waals surface area contributed by atoms with E-state index in [2.05, 4.69) is 5.32 Å². The highest BCUT2D eigenvalue weighted by Crippen LogP contribution is 2.61. The predicted molar refractivity (Wildman–Crippen MR) is 114 cm³/mol. The number of hydrogen-bond acceptors (Lipinski definition) is 4. The summed E-state index contributed by atoms with van der Waals surface area (Å²) in [7, 11) is 0. The molecule has 4 fully saturated rings. The Kier molecular flexibility index (Phi) is 5.04. The first-order valence-electron chi connectivity index (χ1n) is 10.9. The molecule has 0 heterocycles. The minimum atomic E-state index is -0.812. The second-order valence-corrected chi connectivity index (χ2v) is 10.1. The molecule has 1 aromatic rings. The molecule has 6 nitrogen and oxygen atoms in total. The highest BCUT2D eigenvalue weighted by molar-refractivity contribution is 5.91. The first-order valence-corrected chi connectivity index (χ1v) is 10.9. The van der Waals surface area contributed by atoms with Crippen LogP contribution in [0.5, 0.6) is 5.75 Å². The third-order valence-electron chi connectivity index (χ3n) is 7.62. The van der Waals surface area contributed by atoms with Gasteiger partial charge in [-0.25, -0.2) is 0 Å². The molecule has 0 saturated heterocycles. The van der Waals surface area contributed by atoms with Crippen molar-refractivity contribution >= 4 is 11.8 Å². The Labute approximate surface area is 178 Å². The molecule has 160 valence electrons. The number of ether oxygens (including phenoxy) is 1. The van der Waals surface area contributed by atoms with E-state index in [4.69, 9.17) is 9.73 Å². The van der Waals surface area contributed by atoms with Gasteiger partial charge in [-0.2, -0.15) is 5.26 Å². The highest BCUT2D eigenvalue weighted by atomic mass is 16.5. The first-order chi connectivity index (χ1) is 14.1. The average molecular weight is 410 g/mol. The van der Waals surface area contributed by atoms with E-state index in [0.29, 0.717) is 24.6 Å². The number of carboxylic acid groups (broad SMARTS) is 1. The number of nitrogens with one attached hydrogen (secondary N) is 1. The Morgan fingerprint density at radius 2 is 1.93 bits per heavy atom. The summed E-state index contributed by atoms with van der Waals surface area (Å²) >= 11 is 0. The van der Waals surface area contributed by atoms with E-state index in [0.717, 1.165) is 36.1 Å². The number of aliphatic imine (C=N–C) groups is 1. The van der Waals surface area contributed by atoms with Crippen LogP contribution in [0.4, 0.5) is 0 Å². The van der Waals surface area contributed by atoms with E-state index in [1.807, 2.05) is 52.1 Å². The van der Waals surface area contributed by atoms with Gasteiger partial charge in [-0.05, 0) is 94.7 Å². The summed E-state index contributed by atoms with van der Waals surface area (Å²) < 4.78 is 6.34. The van der Waals surface area contributed by atoms with Gasteiger partial charge in [-0.1, -0.05) is 12.1 Å². The van der Waals surface area contributed by atoms with E-state index in [1.165, 1.54) is 0 Å². The van der Waals surface area contributed by atoms with Crippen molar-refractivity contribution in [2.24, 2.45) is 28.2 Å². The molecule has 2 N–H and O–H groups in total. The number of nitriles is 1. The summed E-state index contributed by atoms with van der Waals surface area (Å²) in [5.74, 6) is 1.68. The molecular weight excluding hydrogens is 378 g/mol. The lowest BCUT2D eigenvalue weighted by molar-refractivity contribution is -0.166. The lowest BCUT2D eigenvalue weighted by Crippen LogP contribution is -2.56. The maximum absolute atomic E-state index is 12.0. The van der Waals surface area contributed by atoms with Crippen LogP contribution in [0.1, 0.15) is 57.1 Å². The number of benzene rings is 1. The first kappa shape index (κ1) is 20.7. The second-order valence-electron chi connectivity index (χ2n) is 10.1. The van der Waals surface area contributed by atoms with E-state index >= 15 is 0 Å². The Balaban J connectivity index is 1.62. The van der Waals surface area contributed by atoms with E-state index < -0.39 is 17.0 Å². The van der Waals surface area contributed by atoms with Crippen LogP contribution < -0.4 is 10.1 Å². The largest absolute Gasteiger partial charge is 0.481 e. The van der Waals surface area contributed by atoms with E-state index in [9.17, 15) is 15.2 Å². The van der Waals surface area contributed by atoms with E-state index in [1.54, 1.807) is 0 Å². The van der Waals surface area contributed by atoms with Crippen LogP contribution in [0, 0.1) is 48.5 Å².